The Kier molecular flexibility index (Phi) is 7.06. The first-order valence-electron chi connectivity index (χ1n) is 12.6. The largest absolute Gasteiger partial charge is 0.480 e. The van der Waals surface area contributed by atoms with Crippen LogP contribution >= 0.6 is 0 Å². The van der Waals surface area contributed by atoms with E-state index in [-0.39, 0.29) is 17.5 Å². The van der Waals surface area contributed by atoms with Gasteiger partial charge in [-0.25, -0.2) is 9.97 Å². The zero-order valence-electron chi connectivity index (χ0n) is 21.7. The van der Waals surface area contributed by atoms with Crippen molar-refractivity contribution >= 4 is 28.2 Å². The van der Waals surface area contributed by atoms with Crippen LogP contribution in [0.15, 0.2) is 53.7 Å². The molecular formula is C28H31N7O3. The Balaban J connectivity index is 1.43. The molecule has 1 aliphatic rings. The number of fused-ring (bicyclic) bond motifs is 1. The standard InChI is InChI=1S/C28H31N7O3/c1-16-12-20(4-5-21(16)18-7-10-35(11-8-18)17(2)26(29)36)32-27-25-19(6-9-31-28(25)37)13-22(34-27)23-14-30-15-24(33-23)38-3/h4-6,9,12-15,17-18H,7-8,10-11H2,1-3H3,(H2,29,36)(H,31,37)(H,32,34). The number of ether oxygens (including phenoxy) is 1. The number of nitrogens with zero attached hydrogens (tertiary/aromatic N) is 4. The van der Waals surface area contributed by atoms with Crippen LogP contribution in [0.1, 0.15) is 36.8 Å². The number of benzene rings is 1. The van der Waals surface area contributed by atoms with Gasteiger partial charge in [0.1, 0.15) is 11.5 Å². The predicted octanol–water partition coefficient (Wildman–Crippen LogP) is 3.49. The molecule has 196 valence electrons. The van der Waals surface area contributed by atoms with E-state index in [1.165, 1.54) is 18.9 Å². The minimum Gasteiger partial charge on any atom is -0.480 e. The SMILES string of the molecule is COc1cncc(-c2cc3cc[nH]c(=O)c3c(Nc3ccc(C4CCN(C(C)C(N)=O)CC4)c(C)c3)n2)n1. The molecule has 4 heterocycles. The van der Waals surface area contributed by atoms with Gasteiger partial charge in [-0.15, -0.1) is 0 Å². The van der Waals surface area contributed by atoms with Crippen LogP contribution in [-0.2, 0) is 4.79 Å². The van der Waals surface area contributed by atoms with Crippen LogP contribution in [0.2, 0.25) is 0 Å². The number of primary amides is 1. The molecular weight excluding hydrogens is 482 g/mol. The summed E-state index contributed by atoms with van der Waals surface area (Å²) in [5, 5.41) is 4.56. The molecule has 1 unspecified atom stereocenters. The topological polar surface area (TPSA) is 139 Å². The molecule has 0 aliphatic carbocycles. The normalized spacial score (nSPS) is 15.3. The van der Waals surface area contributed by atoms with E-state index in [0.717, 1.165) is 42.6 Å². The fraction of sp³-hybridized carbons (Fsp3) is 0.321. The number of aromatic nitrogens is 4. The fourth-order valence-corrected chi connectivity index (χ4v) is 5.13. The van der Waals surface area contributed by atoms with Gasteiger partial charge in [0.2, 0.25) is 11.8 Å². The highest BCUT2D eigenvalue weighted by Crippen LogP contribution is 2.33. The van der Waals surface area contributed by atoms with Crippen molar-refractivity contribution in [1.29, 1.82) is 0 Å². The summed E-state index contributed by atoms with van der Waals surface area (Å²) in [5.41, 5.74) is 9.65. The Morgan fingerprint density at radius 2 is 1.95 bits per heavy atom. The van der Waals surface area contributed by atoms with Gasteiger partial charge in [0, 0.05) is 11.9 Å². The van der Waals surface area contributed by atoms with E-state index in [2.05, 4.69) is 44.2 Å². The number of aryl methyl sites for hydroxylation is 1. The number of H-pyrrole nitrogens is 1. The zero-order chi connectivity index (χ0) is 26.8. The number of aromatic amines is 1. The number of piperidine rings is 1. The van der Waals surface area contributed by atoms with Crippen LogP contribution in [-0.4, -0.2) is 57.0 Å². The first-order chi connectivity index (χ1) is 18.3. The highest BCUT2D eigenvalue weighted by molar-refractivity contribution is 5.95. The number of hydrogen-bond acceptors (Lipinski definition) is 8. The van der Waals surface area contributed by atoms with E-state index >= 15 is 0 Å². The maximum absolute atomic E-state index is 12.8. The number of hydrogen-bond donors (Lipinski definition) is 3. The number of anilines is 2. The molecule has 5 rings (SSSR count). The molecule has 1 amide bonds. The van der Waals surface area contributed by atoms with Crippen LogP contribution in [0.3, 0.4) is 0 Å². The summed E-state index contributed by atoms with van der Waals surface area (Å²) in [4.78, 5) is 42.6. The molecule has 0 bridgehead atoms. The second kappa shape index (κ2) is 10.6. The van der Waals surface area contributed by atoms with Crippen molar-refractivity contribution < 1.29 is 9.53 Å². The Morgan fingerprint density at radius 3 is 2.66 bits per heavy atom. The molecule has 0 radical (unpaired) electrons. The van der Waals surface area contributed by atoms with Gasteiger partial charge in [0.15, 0.2) is 0 Å². The maximum atomic E-state index is 12.8. The van der Waals surface area contributed by atoms with Crippen molar-refractivity contribution in [3.05, 3.63) is 70.4 Å². The van der Waals surface area contributed by atoms with Crippen molar-refractivity contribution in [1.82, 2.24) is 24.8 Å². The van der Waals surface area contributed by atoms with Crippen molar-refractivity contribution in [3.63, 3.8) is 0 Å². The fourth-order valence-electron chi connectivity index (χ4n) is 5.13. The van der Waals surface area contributed by atoms with Gasteiger partial charge in [0.25, 0.3) is 5.56 Å². The molecule has 3 aromatic heterocycles. The predicted molar refractivity (Wildman–Crippen MR) is 147 cm³/mol. The van der Waals surface area contributed by atoms with E-state index in [1.54, 1.807) is 12.4 Å². The lowest BCUT2D eigenvalue weighted by molar-refractivity contribution is -0.123. The van der Waals surface area contributed by atoms with E-state index < -0.39 is 0 Å². The second-order valence-electron chi connectivity index (χ2n) is 9.66. The van der Waals surface area contributed by atoms with Crippen LogP contribution < -0.4 is 21.3 Å². The molecule has 10 heteroatoms. The van der Waals surface area contributed by atoms with Crippen molar-refractivity contribution in [2.75, 3.05) is 25.5 Å². The van der Waals surface area contributed by atoms with Crippen LogP contribution in [0.5, 0.6) is 5.88 Å². The Labute approximate surface area is 220 Å². The number of likely N-dealkylation sites (tertiary alicyclic amines) is 1. The summed E-state index contributed by atoms with van der Waals surface area (Å²) in [7, 11) is 1.53. The summed E-state index contributed by atoms with van der Waals surface area (Å²) < 4.78 is 5.22. The number of amides is 1. The molecule has 4 aromatic rings. The van der Waals surface area contributed by atoms with Crippen molar-refractivity contribution in [3.8, 4) is 17.3 Å². The number of nitrogens with one attached hydrogen (secondary N) is 2. The lowest BCUT2D eigenvalue weighted by atomic mass is 9.86. The van der Waals surface area contributed by atoms with Gasteiger partial charge < -0.3 is 20.8 Å². The van der Waals surface area contributed by atoms with Gasteiger partial charge >= 0.3 is 0 Å². The monoisotopic (exact) mass is 513 g/mol. The van der Waals surface area contributed by atoms with Gasteiger partial charge in [-0.05, 0) is 86.5 Å². The molecule has 38 heavy (non-hydrogen) atoms. The summed E-state index contributed by atoms with van der Waals surface area (Å²) >= 11 is 0. The third kappa shape index (κ3) is 5.08. The van der Waals surface area contributed by atoms with Crippen molar-refractivity contribution in [2.24, 2.45) is 5.73 Å². The minimum atomic E-state index is -0.280. The molecule has 1 atom stereocenters. The van der Waals surface area contributed by atoms with Gasteiger partial charge in [0.05, 0.1) is 36.6 Å². The summed E-state index contributed by atoms with van der Waals surface area (Å²) in [6.07, 6.45) is 6.69. The van der Waals surface area contributed by atoms with Crippen LogP contribution in [0.4, 0.5) is 11.5 Å². The zero-order valence-corrected chi connectivity index (χ0v) is 21.7. The lowest BCUT2D eigenvalue weighted by Gasteiger charge is -2.35. The van der Waals surface area contributed by atoms with Gasteiger partial charge in [-0.1, -0.05) is 6.07 Å². The quantitative estimate of drug-likeness (QED) is 0.341. The maximum Gasteiger partial charge on any atom is 0.259 e. The average molecular weight is 514 g/mol. The molecule has 0 spiro atoms. The first-order valence-corrected chi connectivity index (χ1v) is 12.6. The van der Waals surface area contributed by atoms with Crippen molar-refractivity contribution in [2.45, 2.75) is 38.6 Å². The molecule has 4 N–H and O–H groups in total. The molecule has 0 saturated carbocycles. The summed E-state index contributed by atoms with van der Waals surface area (Å²) in [6.45, 7) is 5.65. The lowest BCUT2D eigenvalue weighted by Crippen LogP contribution is -2.46. The first kappa shape index (κ1) is 25.3. The van der Waals surface area contributed by atoms with E-state index in [9.17, 15) is 9.59 Å². The number of rotatable bonds is 7. The highest BCUT2D eigenvalue weighted by atomic mass is 16.5. The number of pyridine rings is 2. The second-order valence-corrected chi connectivity index (χ2v) is 9.66. The summed E-state index contributed by atoms with van der Waals surface area (Å²) in [5.74, 6) is 0.950. The molecule has 1 fully saturated rings. The third-order valence-electron chi connectivity index (χ3n) is 7.30. The van der Waals surface area contributed by atoms with Crippen LogP contribution in [0.25, 0.3) is 22.2 Å². The van der Waals surface area contributed by atoms with Gasteiger partial charge in [-0.3, -0.25) is 19.5 Å². The smallest absolute Gasteiger partial charge is 0.259 e. The van der Waals surface area contributed by atoms with Gasteiger partial charge in [-0.2, -0.15) is 0 Å². The Hall–Kier alpha value is -4.31. The van der Waals surface area contributed by atoms with E-state index in [4.69, 9.17) is 15.5 Å². The minimum absolute atomic E-state index is 0.230. The highest BCUT2D eigenvalue weighted by Gasteiger charge is 2.26. The number of methoxy groups -OCH3 is 1. The van der Waals surface area contributed by atoms with E-state index in [0.29, 0.717) is 34.4 Å². The number of carbonyl (C=O) groups excluding carboxylic acids is 1. The molecule has 1 aromatic carbocycles. The summed E-state index contributed by atoms with van der Waals surface area (Å²) in [6, 6.07) is 9.64. The number of carbonyl (C=O) groups is 1. The Morgan fingerprint density at radius 1 is 1.16 bits per heavy atom. The third-order valence-corrected chi connectivity index (χ3v) is 7.30. The molecule has 1 aliphatic heterocycles. The Bertz CT molecular complexity index is 1540. The van der Waals surface area contributed by atoms with E-state index in [1.807, 2.05) is 25.1 Å². The van der Waals surface area contributed by atoms with Crippen LogP contribution in [0, 0.1) is 6.92 Å². The average Bonchev–Trinajstić information content (AvgIpc) is 2.92. The molecule has 10 nitrogen and oxygen atoms in total. The molecule has 1 saturated heterocycles. The number of nitrogens with two attached hydrogens (primary N) is 1.